The molecule has 0 saturated carbocycles. The van der Waals surface area contributed by atoms with Crippen molar-refractivity contribution in [1.82, 2.24) is 0 Å². The van der Waals surface area contributed by atoms with Crippen molar-refractivity contribution in [2.24, 2.45) is 11.3 Å². The molecule has 0 radical (unpaired) electrons. The molecular weight excluding hydrogens is 252 g/mol. The standard InChI is InChI=1S/C9H10O3.C4H2O3/c1-9-5-3-2-4-6(9)7(10)12-8(9)11;5-3-1-2-4(6)7-3/h3,5-6H,2,4H2,1H3;1-2H. The maximum absolute atomic E-state index is 11.2. The van der Waals surface area contributed by atoms with E-state index in [1.807, 2.05) is 6.08 Å². The first-order chi connectivity index (χ1) is 8.93. The molecule has 0 amide bonds. The van der Waals surface area contributed by atoms with Crippen molar-refractivity contribution in [2.75, 3.05) is 0 Å². The molecule has 0 N–H and O–H groups in total. The number of carbonyl (C=O) groups is 4. The fourth-order valence-electron chi connectivity index (χ4n) is 2.16. The Hall–Kier alpha value is -2.24. The molecule has 3 rings (SSSR count). The third-order valence-electron chi connectivity index (χ3n) is 3.28. The minimum atomic E-state index is -0.671. The third-order valence-corrected chi connectivity index (χ3v) is 3.28. The fraction of sp³-hybridized carbons (Fsp3) is 0.385. The predicted octanol–water partition coefficient (Wildman–Crippen LogP) is 0.668. The first-order valence-electron chi connectivity index (χ1n) is 5.81. The zero-order chi connectivity index (χ0) is 14.0. The molecule has 0 aromatic heterocycles. The van der Waals surface area contributed by atoms with E-state index in [0.29, 0.717) is 0 Å². The zero-order valence-electron chi connectivity index (χ0n) is 10.3. The highest BCUT2D eigenvalue weighted by Crippen LogP contribution is 2.42. The second-order valence-electron chi connectivity index (χ2n) is 4.60. The molecule has 6 heteroatoms. The summed E-state index contributed by atoms with van der Waals surface area (Å²) in [5.74, 6) is -2.15. The van der Waals surface area contributed by atoms with E-state index in [9.17, 15) is 19.2 Å². The van der Waals surface area contributed by atoms with Gasteiger partial charge in [-0.05, 0) is 19.8 Å². The van der Waals surface area contributed by atoms with Crippen LogP contribution in [-0.4, -0.2) is 23.9 Å². The van der Waals surface area contributed by atoms with Crippen molar-refractivity contribution in [3.05, 3.63) is 24.3 Å². The predicted molar refractivity (Wildman–Crippen MR) is 61.3 cm³/mol. The van der Waals surface area contributed by atoms with Crippen LogP contribution >= 0.6 is 0 Å². The number of allylic oxidation sites excluding steroid dienone is 1. The summed E-state index contributed by atoms with van der Waals surface area (Å²) in [4.78, 5) is 42.2. The number of carbonyl (C=O) groups excluding carboxylic acids is 4. The number of cyclic esters (lactones) is 4. The molecule has 2 unspecified atom stereocenters. The van der Waals surface area contributed by atoms with E-state index in [0.717, 1.165) is 25.0 Å². The summed E-state index contributed by atoms with van der Waals surface area (Å²) < 4.78 is 8.55. The summed E-state index contributed by atoms with van der Waals surface area (Å²) >= 11 is 0. The SMILES string of the molecule is CC12C=CCCC1C(=O)OC2=O.O=C1C=CC(=O)O1. The van der Waals surface area contributed by atoms with Gasteiger partial charge in [-0.3, -0.25) is 9.59 Å². The van der Waals surface area contributed by atoms with Crippen LogP contribution in [0.2, 0.25) is 0 Å². The van der Waals surface area contributed by atoms with E-state index >= 15 is 0 Å². The Morgan fingerprint density at radius 1 is 1.11 bits per heavy atom. The lowest BCUT2D eigenvalue weighted by Gasteiger charge is -2.24. The average molecular weight is 264 g/mol. The van der Waals surface area contributed by atoms with Gasteiger partial charge < -0.3 is 9.47 Å². The molecule has 0 aromatic rings. The molecule has 1 aliphatic carbocycles. The fourth-order valence-corrected chi connectivity index (χ4v) is 2.16. The highest BCUT2D eigenvalue weighted by atomic mass is 16.6. The van der Waals surface area contributed by atoms with Gasteiger partial charge in [0.15, 0.2) is 0 Å². The van der Waals surface area contributed by atoms with Crippen molar-refractivity contribution in [3.8, 4) is 0 Å². The van der Waals surface area contributed by atoms with Crippen LogP contribution in [0.4, 0.5) is 0 Å². The van der Waals surface area contributed by atoms with Crippen LogP contribution in [0.3, 0.4) is 0 Å². The van der Waals surface area contributed by atoms with Crippen molar-refractivity contribution < 1.29 is 28.7 Å². The number of fused-ring (bicyclic) bond motifs is 1. The Morgan fingerprint density at radius 3 is 2.21 bits per heavy atom. The molecule has 0 spiro atoms. The van der Waals surface area contributed by atoms with E-state index in [-0.39, 0.29) is 11.9 Å². The lowest BCUT2D eigenvalue weighted by atomic mass is 9.73. The molecule has 1 fully saturated rings. The van der Waals surface area contributed by atoms with Crippen molar-refractivity contribution in [1.29, 1.82) is 0 Å². The first kappa shape index (κ1) is 13.2. The van der Waals surface area contributed by atoms with Gasteiger partial charge in [0.1, 0.15) is 0 Å². The van der Waals surface area contributed by atoms with Gasteiger partial charge >= 0.3 is 23.9 Å². The van der Waals surface area contributed by atoms with Gasteiger partial charge in [-0.1, -0.05) is 12.2 Å². The molecule has 1 saturated heterocycles. The van der Waals surface area contributed by atoms with Crippen LogP contribution in [0.15, 0.2) is 24.3 Å². The number of hydrogen-bond donors (Lipinski definition) is 0. The number of esters is 4. The maximum Gasteiger partial charge on any atom is 0.338 e. The van der Waals surface area contributed by atoms with Crippen LogP contribution in [0, 0.1) is 11.3 Å². The van der Waals surface area contributed by atoms with Gasteiger partial charge in [-0.15, -0.1) is 0 Å². The van der Waals surface area contributed by atoms with E-state index in [4.69, 9.17) is 0 Å². The Bertz CT molecular complexity index is 499. The highest BCUT2D eigenvalue weighted by molar-refractivity contribution is 6.05. The van der Waals surface area contributed by atoms with Crippen LogP contribution in [-0.2, 0) is 28.7 Å². The summed E-state index contributed by atoms with van der Waals surface area (Å²) in [6.07, 6.45) is 7.51. The number of ether oxygens (including phenoxy) is 2. The quantitative estimate of drug-likeness (QED) is 0.363. The third kappa shape index (κ3) is 2.47. The second-order valence-corrected chi connectivity index (χ2v) is 4.60. The molecule has 0 bridgehead atoms. The van der Waals surface area contributed by atoms with Gasteiger partial charge in [0, 0.05) is 12.2 Å². The van der Waals surface area contributed by atoms with E-state index < -0.39 is 23.3 Å². The highest BCUT2D eigenvalue weighted by Gasteiger charge is 2.53. The lowest BCUT2D eigenvalue weighted by molar-refractivity contribution is -0.155. The van der Waals surface area contributed by atoms with Crippen molar-refractivity contribution >= 4 is 23.9 Å². The summed E-state index contributed by atoms with van der Waals surface area (Å²) in [6.45, 7) is 1.76. The normalized spacial score (nSPS) is 31.5. The molecule has 3 aliphatic rings. The average Bonchev–Trinajstić information content (AvgIpc) is 2.83. The van der Waals surface area contributed by atoms with Crippen LogP contribution < -0.4 is 0 Å². The summed E-state index contributed by atoms with van der Waals surface area (Å²) in [7, 11) is 0. The maximum atomic E-state index is 11.2. The largest absolute Gasteiger partial charge is 0.392 e. The van der Waals surface area contributed by atoms with Crippen LogP contribution in [0.1, 0.15) is 19.8 Å². The van der Waals surface area contributed by atoms with Gasteiger partial charge in [-0.25, -0.2) is 9.59 Å². The number of hydrogen-bond acceptors (Lipinski definition) is 6. The first-order valence-corrected chi connectivity index (χ1v) is 5.81. The Kier molecular flexibility index (Phi) is 3.33. The molecule has 19 heavy (non-hydrogen) atoms. The molecule has 100 valence electrons. The van der Waals surface area contributed by atoms with E-state index in [2.05, 4.69) is 9.47 Å². The van der Waals surface area contributed by atoms with Gasteiger partial charge in [-0.2, -0.15) is 0 Å². The minimum absolute atomic E-state index is 0.241. The summed E-state index contributed by atoms with van der Waals surface area (Å²) in [6, 6.07) is 0. The van der Waals surface area contributed by atoms with Crippen molar-refractivity contribution in [3.63, 3.8) is 0 Å². The summed E-state index contributed by atoms with van der Waals surface area (Å²) in [5, 5.41) is 0. The second kappa shape index (κ2) is 4.79. The molecule has 2 aliphatic heterocycles. The Labute approximate surface area is 109 Å². The zero-order valence-corrected chi connectivity index (χ0v) is 10.3. The van der Waals surface area contributed by atoms with Crippen LogP contribution in [0.5, 0.6) is 0 Å². The number of rotatable bonds is 0. The Morgan fingerprint density at radius 2 is 1.74 bits per heavy atom. The topological polar surface area (TPSA) is 86.7 Å². The molecule has 2 atom stereocenters. The van der Waals surface area contributed by atoms with E-state index in [1.54, 1.807) is 13.0 Å². The molecule has 0 aromatic carbocycles. The monoisotopic (exact) mass is 264 g/mol. The van der Waals surface area contributed by atoms with E-state index in [1.165, 1.54) is 0 Å². The minimum Gasteiger partial charge on any atom is -0.392 e. The smallest absolute Gasteiger partial charge is 0.338 e. The van der Waals surface area contributed by atoms with Gasteiger partial charge in [0.25, 0.3) is 0 Å². The van der Waals surface area contributed by atoms with Gasteiger partial charge in [0.05, 0.1) is 11.3 Å². The Balaban J connectivity index is 0.000000163. The van der Waals surface area contributed by atoms with Crippen molar-refractivity contribution in [2.45, 2.75) is 19.8 Å². The molecular formula is C13H12O6. The molecule has 2 heterocycles. The van der Waals surface area contributed by atoms with Gasteiger partial charge in [0.2, 0.25) is 0 Å². The van der Waals surface area contributed by atoms with Crippen LogP contribution in [0.25, 0.3) is 0 Å². The molecule has 6 nitrogen and oxygen atoms in total. The lowest BCUT2D eigenvalue weighted by Crippen LogP contribution is -2.30. The summed E-state index contributed by atoms with van der Waals surface area (Å²) in [5.41, 5.74) is -0.671.